The molecule has 4 heteroatoms. The Bertz CT molecular complexity index is 404. The first kappa shape index (κ1) is 14.0. The van der Waals surface area contributed by atoms with E-state index in [2.05, 4.69) is 0 Å². The third-order valence-electron chi connectivity index (χ3n) is 2.86. The molecule has 1 aromatic rings. The number of nitrogens with zero attached hydrogens (tertiary/aromatic N) is 1. The SMILES string of the molecule is CN(CCO)C(=O)C(C)(C)c1ccccc1Cl. The number of hydrogen-bond acceptors (Lipinski definition) is 2. The maximum absolute atomic E-state index is 12.3. The van der Waals surface area contributed by atoms with Crippen LogP contribution in [0.15, 0.2) is 24.3 Å². The highest BCUT2D eigenvalue weighted by molar-refractivity contribution is 6.31. The predicted molar refractivity (Wildman–Crippen MR) is 69.2 cm³/mol. The van der Waals surface area contributed by atoms with Gasteiger partial charge in [0, 0.05) is 18.6 Å². The van der Waals surface area contributed by atoms with Crippen LogP contribution >= 0.6 is 11.6 Å². The van der Waals surface area contributed by atoms with E-state index in [0.29, 0.717) is 11.6 Å². The largest absolute Gasteiger partial charge is 0.395 e. The normalized spacial score (nSPS) is 11.4. The zero-order valence-corrected chi connectivity index (χ0v) is 11.2. The molecule has 0 aromatic heterocycles. The van der Waals surface area contributed by atoms with Crippen molar-refractivity contribution in [3.63, 3.8) is 0 Å². The molecular formula is C13H18ClNO2. The molecule has 0 saturated carbocycles. The van der Waals surface area contributed by atoms with Crippen molar-refractivity contribution in [3.8, 4) is 0 Å². The minimum atomic E-state index is -0.692. The quantitative estimate of drug-likeness (QED) is 0.895. The van der Waals surface area contributed by atoms with Crippen LogP contribution in [0.5, 0.6) is 0 Å². The van der Waals surface area contributed by atoms with Crippen molar-refractivity contribution in [2.45, 2.75) is 19.3 Å². The molecule has 0 unspecified atom stereocenters. The highest BCUT2D eigenvalue weighted by Crippen LogP contribution is 2.31. The van der Waals surface area contributed by atoms with Crippen LogP contribution < -0.4 is 0 Å². The van der Waals surface area contributed by atoms with Gasteiger partial charge in [0.25, 0.3) is 0 Å². The summed E-state index contributed by atoms with van der Waals surface area (Å²) >= 11 is 6.11. The van der Waals surface area contributed by atoms with Gasteiger partial charge in [0.05, 0.1) is 12.0 Å². The van der Waals surface area contributed by atoms with E-state index in [1.54, 1.807) is 13.1 Å². The molecule has 0 atom stereocenters. The standard InChI is InChI=1S/C13H18ClNO2/c1-13(2,12(17)15(3)8-9-16)10-6-4-5-7-11(10)14/h4-7,16H,8-9H2,1-3H3. The first-order valence-electron chi connectivity index (χ1n) is 5.52. The van der Waals surface area contributed by atoms with Crippen molar-refractivity contribution in [1.82, 2.24) is 4.90 Å². The summed E-state index contributed by atoms with van der Waals surface area (Å²) in [4.78, 5) is 13.8. The molecule has 1 aromatic carbocycles. The fourth-order valence-corrected chi connectivity index (χ4v) is 2.18. The van der Waals surface area contributed by atoms with E-state index in [4.69, 9.17) is 16.7 Å². The summed E-state index contributed by atoms with van der Waals surface area (Å²) in [6, 6.07) is 7.33. The molecule has 3 nitrogen and oxygen atoms in total. The van der Waals surface area contributed by atoms with E-state index in [9.17, 15) is 4.79 Å². The molecule has 0 aliphatic heterocycles. The highest BCUT2D eigenvalue weighted by atomic mass is 35.5. The maximum atomic E-state index is 12.3. The molecule has 0 aliphatic rings. The number of aliphatic hydroxyl groups is 1. The van der Waals surface area contributed by atoms with Crippen molar-refractivity contribution in [3.05, 3.63) is 34.9 Å². The summed E-state index contributed by atoms with van der Waals surface area (Å²) in [7, 11) is 1.68. The Labute approximate surface area is 107 Å². The summed E-state index contributed by atoms with van der Waals surface area (Å²) in [5.74, 6) is -0.0559. The third kappa shape index (κ3) is 2.99. The van der Waals surface area contributed by atoms with Gasteiger partial charge in [0.2, 0.25) is 5.91 Å². The van der Waals surface area contributed by atoms with Gasteiger partial charge >= 0.3 is 0 Å². The predicted octanol–water partition coefficient (Wildman–Crippen LogP) is 2.07. The summed E-state index contributed by atoms with van der Waals surface area (Å²) in [6.45, 7) is 3.96. The summed E-state index contributed by atoms with van der Waals surface area (Å²) in [6.07, 6.45) is 0. The van der Waals surface area contributed by atoms with E-state index >= 15 is 0 Å². The lowest BCUT2D eigenvalue weighted by Crippen LogP contribution is -2.42. The highest BCUT2D eigenvalue weighted by Gasteiger charge is 2.33. The first-order valence-corrected chi connectivity index (χ1v) is 5.90. The second-order valence-corrected chi connectivity index (χ2v) is 4.96. The molecule has 0 bridgehead atoms. The Balaban J connectivity index is 3.03. The maximum Gasteiger partial charge on any atom is 0.232 e. The van der Waals surface area contributed by atoms with Gasteiger partial charge in [0.1, 0.15) is 0 Å². The minimum Gasteiger partial charge on any atom is -0.395 e. The Hall–Kier alpha value is -1.06. The zero-order valence-electron chi connectivity index (χ0n) is 10.4. The molecule has 1 amide bonds. The Morgan fingerprint density at radius 2 is 2.00 bits per heavy atom. The summed E-state index contributed by atoms with van der Waals surface area (Å²) < 4.78 is 0. The third-order valence-corrected chi connectivity index (χ3v) is 3.19. The van der Waals surface area contributed by atoms with Gasteiger partial charge < -0.3 is 10.0 Å². The molecule has 0 heterocycles. The average molecular weight is 256 g/mol. The van der Waals surface area contributed by atoms with Gasteiger partial charge in [-0.1, -0.05) is 29.8 Å². The monoisotopic (exact) mass is 255 g/mol. The fraction of sp³-hybridized carbons (Fsp3) is 0.462. The van der Waals surface area contributed by atoms with E-state index in [1.165, 1.54) is 4.90 Å². The van der Waals surface area contributed by atoms with Crippen molar-refractivity contribution in [2.24, 2.45) is 0 Å². The molecular weight excluding hydrogens is 238 g/mol. The first-order chi connectivity index (χ1) is 7.91. The fourth-order valence-electron chi connectivity index (χ4n) is 1.81. The number of likely N-dealkylation sites (N-methyl/N-ethyl adjacent to an activating group) is 1. The number of hydrogen-bond donors (Lipinski definition) is 1. The number of rotatable bonds is 4. The minimum absolute atomic E-state index is 0.0408. The van der Waals surface area contributed by atoms with Gasteiger partial charge in [-0.05, 0) is 25.5 Å². The average Bonchev–Trinajstić information content (AvgIpc) is 2.28. The van der Waals surface area contributed by atoms with Crippen molar-refractivity contribution >= 4 is 17.5 Å². The Kier molecular flexibility index (Phi) is 4.54. The number of aliphatic hydroxyl groups excluding tert-OH is 1. The summed E-state index contributed by atoms with van der Waals surface area (Å²) in [5, 5.41) is 9.44. The molecule has 0 radical (unpaired) electrons. The summed E-state index contributed by atoms with van der Waals surface area (Å²) in [5.41, 5.74) is 0.110. The van der Waals surface area contributed by atoms with Gasteiger partial charge in [0.15, 0.2) is 0 Å². The number of benzene rings is 1. The van der Waals surface area contributed by atoms with E-state index in [1.807, 2.05) is 32.0 Å². The second-order valence-electron chi connectivity index (χ2n) is 4.56. The molecule has 1 N–H and O–H groups in total. The van der Waals surface area contributed by atoms with Crippen LogP contribution in [-0.4, -0.2) is 36.1 Å². The van der Waals surface area contributed by atoms with Crippen molar-refractivity contribution < 1.29 is 9.90 Å². The van der Waals surface area contributed by atoms with E-state index < -0.39 is 5.41 Å². The van der Waals surface area contributed by atoms with Gasteiger partial charge in [-0.15, -0.1) is 0 Å². The molecule has 0 aliphatic carbocycles. The van der Waals surface area contributed by atoms with Crippen LogP contribution in [0.3, 0.4) is 0 Å². The topological polar surface area (TPSA) is 40.5 Å². The molecule has 94 valence electrons. The Morgan fingerprint density at radius 1 is 1.41 bits per heavy atom. The number of carbonyl (C=O) groups excluding carboxylic acids is 1. The lowest BCUT2D eigenvalue weighted by atomic mass is 9.83. The zero-order chi connectivity index (χ0) is 13.1. The van der Waals surface area contributed by atoms with Crippen LogP contribution in [0.1, 0.15) is 19.4 Å². The Morgan fingerprint density at radius 3 is 2.53 bits per heavy atom. The van der Waals surface area contributed by atoms with Crippen LogP contribution in [0.2, 0.25) is 5.02 Å². The smallest absolute Gasteiger partial charge is 0.232 e. The second kappa shape index (κ2) is 5.52. The molecule has 1 rings (SSSR count). The molecule has 0 fully saturated rings. The van der Waals surface area contributed by atoms with E-state index in [-0.39, 0.29) is 12.5 Å². The van der Waals surface area contributed by atoms with Crippen molar-refractivity contribution in [2.75, 3.05) is 20.2 Å². The van der Waals surface area contributed by atoms with Crippen LogP contribution in [0.25, 0.3) is 0 Å². The van der Waals surface area contributed by atoms with Crippen molar-refractivity contribution in [1.29, 1.82) is 0 Å². The lowest BCUT2D eigenvalue weighted by molar-refractivity contribution is -0.135. The number of halogens is 1. The number of amides is 1. The van der Waals surface area contributed by atoms with Gasteiger partial charge in [-0.3, -0.25) is 4.79 Å². The van der Waals surface area contributed by atoms with Crippen LogP contribution in [0.4, 0.5) is 0 Å². The lowest BCUT2D eigenvalue weighted by Gasteiger charge is -2.30. The van der Waals surface area contributed by atoms with Crippen LogP contribution in [-0.2, 0) is 10.2 Å². The van der Waals surface area contributed by atoms with Crippen LogP contribution in [0, 0.1) is 0 Å². The van der Waals surface area contributed by atoms with Gasteiger partial charge in [-0.2, -0.15) is 0 Å². The number of carbonyl (C=O) groups is 1. The van der Waals surface area contributed by atoms with E-state index in [0.717, 1.165) is 5.56 Å². The molecule has 0 spiro atoms. The molecule has 17 heavy (non-hydrogen) atoms. The van der Waals surface area contributed by atoms with Gasteiger partial charge in [-0.25, -0.2) is 0 Å². The molecule has 0 saturated heterocycles.